The van der Waals surface area contributed by atoms with Gasteiger partial charge in [-0.1, -0.05) is 0 Å². The van der Waals surface area contributed by atoms with Crippen LogP contribution in [0, 0.1) is 6.92 Å². The van der Waals surface area contributed by atoms with E-state index in [0.29, 0.717) is 0 Å². The van der Waals surface area contributed by atoms with E-state index < -0.39 is 0 Å². The molecule has 0 aliphatic heterocycles. The molecule has 3 nitrogen and oxygen atoms in total. The summed E-state index contributed by atoms with van der Waals surface area (Å²) in [6.07, 6.45) is 1.81. The minimum Gasteiger partial charge on any atom is -0.497 e. The van der Waals surface area contributed by atoms with Gasteiger partial charge in [-0.25, -0.2) is 0 Å². The zero-order chi connectivity index (χ0) is 13.2. The van der Waals surface area contributed by atoms with Crippen LogP contribution in [0.3, 0.4) is 0 Å². The normalized spacial score (nSPS) is 10.6. The van der Waals surface area contributed by atoms with E-state index in [1.54, 1.807) is 13.3 Å². The van der Waals surface area contributed by atoms with Crippen molar-refractivity contribution in [2.75, 3.05) is 7.11 Å². The number of methoxy groups -OCH3 is 1. The van der Waals surface area contributed by atoms with Gasteiger partial charge in [-0.05, 0) is 49.4 Å². The highest BCUT2D eigenvalue weighted by molar-refractivity contribution is 5.84. The van der Waals surface area contributed by atoms with Crippen molar-refractivity contribution in [2.45, 2.75) is 6.92 Å². The summed E-state index contributed by atoms with van der Waals surface area (Å²) in [6, 6.07) is 13.9. The summed E-state index contributed by atoms with van der Waals surface area (Å²) in [6.45, 7) is 2.01. The summed E-state index contributed by atoms with van der Waals surface area (Å²) in [7, 11) is 1.66. The summed E-state index contributed by atoms with van der Waals surface area (Å²) in [5.74, 6) is 0.847. The lowest BCUT2D eigenvalue weighted by Crippen LogP contribution is -1.91. The Morgan fingerprint density at radius 3 is 2.58 bits per heavy atom. The highest BCUT2D eigenvalue weighted by Gasteiger charge is 2.05. The van der Waals surface area contributed by atoms with E-state index in [-0.39, 0.29) is 0 Å². The molecule has 94 valence electrons. The average Bonchev–Trinajstić information content (AvgIpc) is 2.47. The minimum absolute atomic E-state index is 0.847. The molecular weight excluding hydrogens is 236 g/mol. The van der Waals surface area contributed by atoms with Crippen LogP contribution in [0.1, 0.15) is 5.69 Å². The van der Waals surface area contributed by atoms with Crippen molar-refractivity contribution >= 4 is 10.9 Å². The summed E-state index contributed by atoms with van der Waals surface area (Å²) < 4.78 is 5.17. The Morgan fingerprint density at radius 2 is 1.84 bits per heavy atom. The fourth-order valence-corrected chi connectivity index (χ4v) is 2.15. The molecule has 0 amide bonds. The topological polar surface area (TPSA) is 35.0 Å². The fraction of sp³-hybridized carbons (Fsp3) is 0.125. The maximum absolute atomic E-state index is 5.17. The van der Waals surface area contributed by atoms with Crippen LogP contribution >= 0.6 is 0 Å². The maximum Gasteiger partial charge on any atom is 0.118 e. The number of fused-ring (bicyclic) bond motifs is 1. The van der Waals surface area contributed by atoms with Crippen molar-refractivity contribution in [2.24, 2.45) is 0 Å². The summed E-state index contributed by atoms with van der Waals surface area (Å²) >= 11 is 0. The Bertz CT molecular complexity index is 720. The molecule has 0 saturated carbocycles. The maximum atomic E-state index is 5.17. The van der Waals surface area contributed by atoms with Crippen LogP contribution < -0.4 is 4.74 Å². The van der Waals surface area contributed by atoms with Crippen LogP contribution in [0.2, 0.25) is 0 Å². The smallest absolute Gasteiger partial charge is 0.118 e. The molecule has 0 radical (unpaired) electrons. The zero-order valence-corrected chi connectivity index (χ0v) is 10.9. The summed E-state index contributed by atoms with van der Waals surface area (Å²) in [5.41, 5.74) is 3.97. The quantitative estimate of drug-likeness (QED) is 0.696. The van der Waals surface area contributed by atoms with E-state index >= 15 is 0 Å². The number of aromatic nitrogens is 2. The van der Waals surface area contributed by atoms with Gasteiger partial charge in [0, 0.05) is 22.8 Å². The number of pyridine rings is 2. The Hall–Kier alpha value is -2.42. The number of ether oxygens (including phenoxy) is 1. The van der Waals surface area contributed by atoms with Gasteiger partial charge in [0.1, 0.15) is 5.75 Å². The molecule has 0 unspecified atom stereocenters. The van der Waals surface area contributed by atoms with Gasteiger partial charge in [0.15, 0.2) is 0 Å². The predicted molar refractivity (Wildman–Crippen MR) is 76.3 cm³/mol. The second-order valence-electron chi connectivity index (χ2n) is 4.39. The number of rotatable bonds is 2. The highest BCUT2D eigenvalue weighted by Crippen LogP contribution is 2.24. The van der Waals surface area contributed by atoms with Gasteiger partial charge in [-0.15, -0.1) is 0 Å². The number of hydrogen-bond acceptors (Lipinski definition) is 3. The van der Waals surface area contributed by atoms with Crippen LogP contribution in [0.5, 0.6) is 5.75 Å². The van der Waals surface area contributed by atoms with E-state index in [1.165, 1.54) is 0 Å². The molecule has 0 aliphatic carbocycles. The third-order valence-electron chi connectivity index (χ3n) is 3.18. The van der Waals surface area contributed by atoms with E-state index in [1.807, 2.05) is 49.4 Å². The number of hydrogen-bond donors (Lipinski definition) is 0. The van der Waals surface area contributed by atoms with Gasteiger partial charge >= 0.3 is 0 Å². The Kier molecular flexibility index (Phi) is 2.88. The largest absolute Gasteiger partial charge is 0.497 e. The molecule has 2 heterocycles. The van der Waals surface area contributed by atoms with Crippen LogP contribution in [0.4, 0.5) is 0 Å². The third-order valence-corrected chi connectivity index (χ3v) is 3.18. The molecule has 0 aliphatic rings. The molecule has 0 N–H and O–H groups in total. The number of benzene rings is 1. The Labute approximate surface area is 111 Å². The number of nitrogens with zero attached hydrogens (tertiary/aromatic N) is 2. The van der Waals surface area contributed by atoms with Crippen molar-refractivity contribution in [1.82, 2.24) is 9.97 Å². The number of aryl methyl sites for hydroxylation is 1. The molecule has 0 fully saturated rings. The monoisotopic (exact) mass is 250 g/mol. The first-order valence-electron chi connectivity index (χ1n) is 6.15. The first-order chi connectivity index (χ1) is 9.28. The Morgan fingerprint density at radius 1 is 1.05 bits per heavy atom. The third kappa shape index (κ3) is 2.15. The van der Waals surface area contributed by atoms with E-state index in [0.717, 1.165) is 33.6 Å². The van der Waals surface area contributed by atoms with Gasteiger partial charge in [0.25, 0.3) is 0 Å². The standard InChI is InChI=1S/C16H14N2O/c1-11-14-4-3-9-17-16(14)10-15(18-11)12-5-7-13(19-2)8-6-12/h3-10H,1-2H3. The fourth-order valence-electron chi connectivity index (χ4n) is 2.15. The van der Waals surface area contributed by atoms with Crippen molar-refractivity contribution in [3.05, 3.63) is 54.4 Å². The average molecular weight is 250 g/mol. The van der Waals surface area contributed by atoms with Crippen molar-refractivity contribution in [1.29, 1.82) is 0 Å². The van der Waals surface area contributed by atoms with E-state index in [9.17, 15) is 0 Å². The molecule has 0 bridgehead atoms. The second-order valence-corrected chi connectivity index (χ2v) is 4.39. The molecule has 1 aromatic carbocycles. The summed E-state index contributed by atoms with van der Waals surface area (Å²) in [4.78, 5) is 9.04. The van der Waals surface area contributed by atoms with Crippen LogP contribution in [-0.4, -0.2) is 17.1 Å². The molecule has 0 spiro atoms. The SMILES string of the molecule is COc1ccc(-c2cc3ncccc3c(C)n2)cc1. The highest BCUT2D eigenvalue weighted by atomic mass is 16.5. The molecule has 3 heteroatoms. The second kappa shape index (κ2) is 4.69. The first-order valence-corrected chi connectivity index (χ1v) is 6.15. The van der Waals surface area contributed by atoms with Gasteiger partial charge < -0.3 is 4.74 Å². The van der Waals surface area contributed by atoms with Crippen LogP contribution in [0.25, 0.3) is 22.2 Å². The van der Waals surface area contributed by atoms with Gasteiger partial charge in [0.2, 0.25) is 0 Å². The lowest BCUT2D eigenvalue weighted by molar-refractivity contribution is 0.415. The van der Waals surface area contributed by atoms with Crippen molar-refractivity contribution in [3.8, 4) is 17.0 Å². The molecule has 19 heavy (non-hydrogen) atoms. The zero-order valence-electron chi connectivity index (χ0n) is 10.9. The lowest BCUT2D eigenvalue weighted by Gasteiger charge is -2.06. The van der Waals surface area contributed by atoms with E-state index in [4.69, 9.17) is 4.74 Å². The molecule has 3 rings (SSSR count). The van der Waals surface area contributed by atoms with Gasteiger partial charge in [-0.3, -0.25) is 9.97 Å². The van der Waals surface area contributed by atoms with Crippen molar-refractivity contribution < 1.29 is 4.74 Å². The van der Waals surface area contributed by atoms with Gasteiger partial charge in [0.05, 0.1) is 18.3 Å². The van der Waals surface area contributed by atoms with E-state index in [2.05, 4.69) is 9.97 Å². The van der Waals surface area contributed by atoms with Gasteiger partial charge in [-0.2, -0.15) is 0 Å². The molecule has 0 atom stereocenters. The summed E-state index contributed by atoms with van der Waals surface area (Å²) in [5, 5.41) is 1.10. The minimum atomic E-state index is 0.847. The predicted octanol–water partition coefficient (Wildman–Crippen LogP) is 3.61. The van der Waals surface area contributed by atoms with Crippen LogP contribution in [-0.2, 0) is 0 Å². The Balaban J connectivity index is 2.14. The first kappa shape index (κ1) is 11.7. The molecule has 3 aromatic rings. The lowest BCUT2D eigenvalue weighted by atomic mass is 10.1. The molecule has 0 saturated heterocycles. The molecule has 2 aromatic heterocycles. The van der Waals surface area contributed by atoms with Crippen LogP contribution in [0.15, 0.2) is 48.7 Å². The van der Waals surface area contributed by atoms with Crippen molar-refractivity contribution in [3.63, 3.8) is 0 Å². The molecular formula is C16H14N2O.